The van der Waals surface area contributed by atoms with Gasteiger partial charge in [0, 0.05) is 33.0 Å². The van der Waals surface area contributed by atoms with Crippen LogP contribution in [0.1, 0.15) is 87.5 Å². The molecule has 0 aromatic heterocycles. The topological polar surface area (TPSA) is 128 Å². The fourth-order valence-electron chi connectivity index (χ4n) is 6.30. The predicted molar refractivity (Wildman–Crippen MR) is 148 cm³/mol. The highest BCUT2D eigenvalue weighted by molar-refractivity contribution is 5.98. The van der Waals surface area contributed by atoms with Crippen LogP contribution in [0.5, 0.6) is 0 Å². The Labute approximate surface area is 233 Å². The number of amides is 6. The minimum atomic E-state index is -0.872. The molecule has 0 unspecified atom stereocenters. The Bertz CT molecular complexity index is 975. The van der Waals surface area contributed by atoms with Gasteiger partial charge >= 0.3 is 6.03 Å². The van der Waals surface area contributed by atoms with Gasteiger partial charge in [0.25, 0.3) is 0 Å². The van der Waals surface area contributed by atoms with Gasteiger partial charge in [0.1, 0.15) is 12.1 Å². The number of nitrogens with zero attached hydrogens (tertiary/aromatic N) is 2. The van der Waals surface area contributed by atoms with Gasteiger partial charge in [-0.3, -0.25) is 24.1 Å². The molecule has 0 aromatic carbocycles. The van der Waals surface area contributed by atoms with Crippen molar-refractivity contribution in [1.29, 1.82) is 0 Å². The van der Waals surface area contributed by atoms with Gasteiger partial charge in [-0.2, -0.15) is 0 Å². The average Bonchev–Trinajstić information content (AvgIpc) is 3.37. The molecule has 1 aliphatic carbocycles. The SMILES string of the molecule is CNC(=O)[C@@H]1[C@H]2CCC[C@H]2CN1C(=O)[C@@H](NC(=O)N[C@H](CN1C(=O)CC(C)(C)CC1=O)C(C)(C)C)C(C)(C)C. The molecule has 0 radical (unpaired) electrons. The number of hydrogen-bond acceptors (Lipinski definition) is 5. The quantitative estimate of drug-likeness (QED) is 0.441. The van der Waals surface area contributed by atoms with Crippen LogP contribution in [0.3, 0.4) is 0 Å². The van der Waals surface area contributed by atoms with Crippen molar-refractivity contribution in [2.75, 3.05) is 20.1 Å². The first-order valence-corrected chi connectivity index (χ1v) is 14.3. The van der Waals surface area contributed by atoms with E-state index in [4.69, 9.17) is 0 Å². The lowest BCUT2D eigenvalue weighted by molar-refractivity contribution is -0.153. The van der Waals surface area contributed by atoms with Crippen LogP contribution < -0.4 is 16.0 Å². The maximum Gasteiger partial charge on any atom is 0.315 e. The lowest BCUT2D eigenvalue weighted by Gasteiger charge is -2.40. The summed E-state index contributed by atoms with van der Waals surface area (Å²) in [6.07, 6.45) is 3.51. The Morgan fingerprint density at radius 3 is 2.05 bits per heavy atom. The minimum Gasteiger partial charge on any atom is -0.357 e. The first kappa shape index (κ1) is 30.9. The number of hydrogen-bond donors (Lipinski definition) is 3. The van der Waals surface area contributed by atoms with E-state index in [0.717, 1.165) is 19.3 Å². The molecule has 5 atom stereocenters. The smallest absolute Gasteiger partial charge is 0.315 e. The van der Waals surface area contributed by atoms with Crippen molar-refractivity contribution in [1.82, 2.24) is 25.8 Å². The van der Waals surface area contributed by atoms with E-state index >= 15 is 0 Å². The molecule has 39 heavy (non-hydrogen) atoms. The van der Waals surface area contributed by atoms with Crippen molar-refractivity contribution in [3.8, 4) is 0 Å². The molecule has 6 amide bonds. The molecule has 3 N–H and O–H groups in total. The van der Waals surface area contributed by atoms with Crippen LogP contribution in [-0.4, -0.2) is 77.7 Å². The summed E-state index contributed by atoms with van der Waals surface area (Å²) in [5.41, 5.74) is -1.47. The van der Waals surface area contributed by atoms with Crippen LogP contribution in [0.15, 0.2) is 0 Å². The summed E-state index contributed by atoms with van der Waals surface area (Å²) in [6.45, 7) is 15.8. The average molecular weight is 548 g/mol. The van der Waals surface area contributed by atoms with E-state index in [2.05, 4.69) is 16.0 Å². The van der Waals surface area contributed by atoms with Gasteiger partial charge in [0.15, 0.2) is 0 Å². The standard InChI is InChI=1S/C29H49N5O5/c1-27(2,3)19(16-33-20(35)13-29(7,8)14-21(33)36)31-26(39)32-23(28(4,5)6)25(38)34-15-17-11-10-12-18(17)22(34)24(37)30-9/h17-19,22-23H,10-16H2,1-9H3,(H,30,37)(H2,31,32,39)/t17-,18-,19+,22-,23+/m0/s1. The Morgan fingerprint density at radius 2 is 1.54 bits per heavy atom. The van der Waals surface area contributed by atoms with Crippen LogP contribution in [0.25, 0.3) is 0 Å². The Kier molecular flexibility index (Phi) is 8.78. The number of likely N-dealkylation sites (N-methyl/N-ethyl adjacent to an activating group) is 1. The van der Waals surface area contributed by atoms with Crippen molar-refractivity contribution in [3.63, 3.8) is 0 Å². The molecular weight excluding hydrogens is 498 g/mol. The molecule has 3 aliphatic rings. The molecule has 0 aromatic rings. The fraction of sp³-hybridized carbons (Fsp3) is 0.828. The minimum absolute atomic E-state index is 0.0625. The van der Waals surface area contributed by atoms with Gasteiger partial charge in [-0.25, -0.2) is 4.79 Å². The second-order valence-electron chi connectivity index (χ2n) is 14.7. The monoisotopic (exact) mass is 547 g/mol. The van der Waals surface area contributed by atoms with Gasteiger partial charge in [0.2, 0.25) is 23.6 Å². The number of piperidine rings is 1. The Morgan fingerprint density at radius 1 is 0.949 bits per heavy atom. The van der Waals surface area contributed by atoms with Crippen molar-refractivity contribution in [2.24, 2.45) is 28.1 Å². The van der Waals surface area contributed by atoms with Crippen LogP contribution >= 0.6 is 0 Å². The lowest BCUT2D eigenvalue weighted by atomic mass is 9.80. The van der Waals surface area contributed by atoms with E-state index < -0.39 is 35.0 Å². The van der Waals surface area contributed by atoms with E-state index in [-0.39, 0.29) is 54.3 Å². The summed E-state index contributed by atoms with van der Waals surface area (Å²) in [5.74, 6) is -0.484. The van der Waals surface area contributed by atoms with Crippen LogP contribution in [-0.2, 0) is 19.2 Å². The van der Waals surface area contributed by atoms with Crippen molar-refractivity contribution in [3.05, 3.63) is 0 Å². The third kappa shape index (κ3) is 6.92. The summed E-state index contributed by atoms with van der Waals surface area (Å²) < 4.78 is 0. The second kappa shape index (κ2) is 11.1. The van der Waals surface area contributed by atoms with Gasteiger partial charge in [-0.15, -0.1) is 0 Å². The Hall–Kier alpha value is -2.65. The summed E-state index contributed by atoms with van der Waals surface area (Å²) in [7, 11) is 1.59. The fourth-order valence-corrected chi connectivity index (χ4v) is 6.30. The third-order valence-electron chi connectivity index (χ3n) is 8.65. The highest BCUT2D eigenvalue weighted by Crippen LogP contribution is 2.43. The Balaban J connectivity index is 1.77. The van der Waals surface area contributed by atoms with Crippen LogP contribution in [0, 0.1) is 28.1 Å². The number of carbonyl (C=O) groups excluding carboxylic acids is 5. The highest BCUT2D eigenvalue weighted by Gasteiger charge is 2.51. The molecular formula is C29H49N5O5. The molecule has 1 saturated carbocycles. The van der Waals surface area contributed by atoms with E-state index in [1.807, 2.05) is 55.4 Å². The van der Waals surface area contributed by atoms with Gasteiger partial charge in [-0.05, 0) is 40.9 Å². The molecule has 3 fully saturated rings. The zero-order valence-electron chi connectivity index (χ0n) is 25.3. The van der Waals surface area contributed by atoms with Gasteiger partial charge < -0.3 is 20.9 Å². The molecule has 2 aliphatic heterocycles. The number of imide groups is 1. The number of likely N-dealkylation sites (tertiary alicyclic amines) is 2. The number of carbonyl (C=O) groups is 5. The van der Waals surface area contributed by atoms with Gasteiger partial charge in [-0.1, -0.05) is 61.8 Å². The number of rotatable bonds is 6. The maximum atomic E-state index is 13.9. The highest BCUT2D eigenvalue weighted by atomic mass is 16.2. The normalized spacial score (nSPS) is 26.6. The third-order valence-corrected chi connectivity index (χ3v) is 8.65. The van der Waals surface area contributed by atoms with E-state index in [1.54, 1.807) is 11.9 Å². The first-order valence-electron chi connectivity index (χ1n) is 14.3. The van der Waals surface area contributed by atoms with E-state index in [9.17, 15) is 24.0 Å². The van der Waals surface area contributed by atoms with Crippen molar-refractivity contribution in [2.45, 2.75) is 106 Å². The molecule has 0 spiro atoms. The zero-order valence-corrected chi connectivity index (χ0v) is 25.3. The molecule has 220 valence electrons. The predicted octanol–water partition coefficient (Wildman–Crippen LogP) is 2.66. The molecule has 10 nitrogen and oxygen atoms in total. The van der Waals surface area contributed by atoms with Crippen molar-refractivity contribution < 1.29 is 24.0 Å². The van der Waals surface area contributed by atoms with Crippen LogP contribution in [0.4, 0.5) is 4.79 Å². The molecule has 10 heteroatoms. The summed E-state index contributed by atoms with van der Waals surface area (Å²) in [6, 6.07) is -2.49. The lowest BCUT2D eigenvalue weighted by Crippen LogP contribution is -2.62. The van der Waals surface area contributed by atoms with Crippen molar-refractivity contribution >= 4 is 29.7 Å². The number of urea groups is 1. The molecule has 0 bridgehead atoms. The summed E-state index contributed by atoms with van der Waals surface area (Å²) in [4.78, 5) is 68.7. The number of nitrogens with one attached hydrogen (secondary N) is 3. The molecule has 2 saturated heterocycles. The van der Waals surface area contributed by atoms with Crippen LogP contribution in [0.2, 0.25) is 0 Å². The second-order valence-corrected chi connectivity index (χ2v) is 14.7. The van der Waals surface area contributed by atoms with Gasteiger partial charge in [0.05, 0.1) is 6.04 Å². The first-order chi connectivity index (χ1) is 17.9. The van der Waals surface area contributed by atoms with E-state index in [1.165, 1.54) is 4.90 Å². The summed E-state index contributed by atoms with van der Waals surface area (Å²) >= 11 is 0. The molecule has 2 heterocycles. The maximum absolute atomic E-state index is 13.9. The molecule has 3 rings (SSSR count). The number of fused-ring (bicyclic) bond motifs is 1. The zero-order chi connectivity index (χ0) is 29.5. The van der Waals surface area contributed by atoms with E-state index in [0.29, 0.717) is 12.5 Å². The largest absolute Gasteiger partial charge is 0.357 e. The summed E-state index contributed by atoms with van der Waals surface area (Å²) in [5, 5.41) is 8.57.